The smallest absolute Gasteiger partial charge is 0.312 e. The highest BCUT2D eigenvalue weighted by molar-refractivity contribution is 7.98. The number of nitro benzene ring substituents is 1. The Hall–Kier alpha value is -5.46. The van der Waals surface area contributed by atoms with E-state index in [0.29, 0.717) is 5.56 Å². The van der Waals surface area contributed by atoms with Gasteiger partial charge in [0.1, 0.15) is 34.7 Å². The van der Waals surface area contributed by atoms with Crippen LogP contribution in [0.1, 0.15) is 10.4 Å². The number of rotatable bonds is 10. The molecule has 0 aliphatic rings. The zero-order valence-corrected chi connectivity index (χ0v) is 27.5. The number of nitro groups is 1. The summed E-state index contributed by atoms with van der Waals surface area (Å²) in [6, 6.07) is 42.3. The number of nitrogens with zero attached hydrogens (tertiary/aromatic N) is 1. The summed E-state index contributed by atoms with van der Waals surface area (Å²) >= 11 is 0. The average molecular weight is 702 g/mol. The van der Waals surface area contributed by atoms with E-state index < -0.39 is 34.2 Å². The Morgan fingerprint density at radius 2 is 1.14 bits per heavy atom. The molecule has 0 aliphatic carbocycles. The molecule has 250 valence electrons. The van der Waals surface area contributed by atoms with E-state index in [0.717, 1.165) is 15.9 Å². The Morgan fingerprint density at radius 1 is 0.714 bits per heavy atom. The van der Waals surface area contributed by atoms with E-state index in [-0.39, 0.29) is 22.8 Å². The number of carbonyl (C=O) groups is 2. The van der Waals surface area contributed by atoms with Gasteiger partial charge in [0.15, 0.2) is 5.75 Å². The van der Waals surface area contributed by atoms with Crippen molar-refractivity contribution >= 4 is 46.4 Å². The van der Waals surface area contributed by atoms with Crippen LogP contribution in [0.4, 0.5) is 11.4 Å². The van der Waals surface area contributed by atoms with Gasteiger partial charge in [-0.05, 0) is 60.7 Å². The second kappa shape index (κ2) is 16.6. The number of anilines is 1. The van der Waals surface area contributed by atoms with E-state index in [1.165, 1.54) is 25.3 Å². The summed E-state index contributed by atoms with van der Waals surface area (Å²) in [6.07, 6.45) is 0. The van der Waals surface area contributed by atoms with Gasteiger partial charge < -0.3 is 15.4 Å². The average Bonchev–Trinajstić information content (AvgIpc) is 3.10. The molecule has 0 saturated carbocycles. The fraction of sp³-hybridized carbons (Fsp3) is 0.0286. The van der Waals surface area contributed by atoms with Crippen LogP contribution in [-0.2, 0) is 4.79 Å². The van der Waals surface area contributed by atoms with E-state index in [4.69, 9.17) is 23.4 Å². The lowest BCUT2D eigenvalue weighted by Gasteiger charge is -2.25. The second-order valence-electron chi connectivity index (χ2n) is 10.1. The van der Waals surface area contributed by atoms with Gasteiger partial charge in [0.2, 0.25) is 0 Å². The molecule has 0 radical (unpaired) electrons. The van der Waals surface area contributed by atoms with Crippen molar-refractivity contribution in [1.82, 2.24) is 5.32 Å². The first-order valence-corrected chi connectivity index (χ1v) is 17.4. The summed E-state index contributed by atoms with van der Waals surface area (Å²) in [6.45, 7) is 0. The number of halogens is 1. The van der Waals surface area contributed by atoms with Crippen LogP contribution in [0.25, 0.3) is 0 Å². The Kier molecular flexibility index (Phi) is 12.3. The molecule has 0 heterocycles. The van der Waals surface area contributed by atoms with Crippen molar-refractivity contribution in [3.8, 4) is 5.75 Å². The molecule has 49 heavy (non-hydrogen) atoms. The molecule has 0 saturated heterocycles. The van der Waals surface area contributed by atoms with Gasteiger partial charge >= 0.3 is 5.69 Å². The number of benzene rings is 5. The predicted molar refractivity (Wildman–Crippen MR) is 175 cm³/mol. The van der Waals surface area contributed by atoms with E-state index in [1.807, 2.05) is 96.8 Å². The zero-order chi connectivity index (χ0) is 35.4. The Balaban J connectivity index is 0.00000101. The monoisotopic (exact) mass is 701 g/mol. The van der Waals surface area contributed by atoms with Crippen molar-refractivity contribution in [2.45, 2.75) is 0 Å². The normalized spacial score (nSPS) is 11.4. The molecule has 2 N–H and O–H groups in total. The number of carbonyl (C=O) groups excluding carboxylic acids is 2. The lowest BCUT2D eigenvalue weighted by molar-refractivity contribution is -2.00. The third-order valence-electron chi connectivity index (χ3n) is 6.98. The topological polar surface area (TPSA) is 203 Å². The van der Waals surface area contributed by atoms with E-state index in [2.05, 4.69) is 10.6 Å². The van der Waals surface area contributed by atoms with Gasteiger partial charge in [0.05, 0.1) is 12.0 Å². The van der Waals surface area contributed by atoms with Crippen molar-refractivity contribution in [3.05, 3.63) is 167 Å². The summed E-state index contributed by atoms with van der Waals surface area (Å²) in [5.74, 6) is 0.797. The molecule has 5 aromatic rings. The molecule has 0 unspecified atom stereocenters. The predicted octanol–water partition coefficient (Wildman–Crippen LogP) is 1.05. The molecule has 14 heteroatoms. The lowest BCUT2D eigenvalue weighted by Crippen LogP contribution is -2.68. The molecule has 0 bridgehead atoms. The van der Waals surface area contributed by atoms with Gasteiger partial charge in [-0.3, -0.25) is 19.7 Å². The van der Waals surface area contributed by atoms with Crippen LogP contribution < -0.4 is 49.9 Å². The minimum absolute atomic E-state index is 0.00205. The van der Waals surface area contributed by atoms with Gasteiger partial charge in [-0.25, -0.2) is 18.6 Å². The summed E-state index contributed by atoms with van der Waals surface area (Å²) < 4.78 is 39.1. The highest BCUT2D eigenvalue weighted by atomic mass is 35.7. The maximum atomic E-state index is 14.1. The lowest BCUT2D eigenvalue weighted by atomic mass is 10.2. The van der Waals surface area contributed by atoms with Gasteiger partial charge in [-0.15, -0.1) is 10.2 Å². The molecule has 0 spiro atoms. The molecular weight excluding hydrogens is 673 g/mol. The summed E-state index contributed by atoms with van der Waals surface area (Å²) in [5.41, 5.74) is 0.242. The van der Waals surface area contributed by atoms with E-state index in [1.54, 1.807) is 30.3 Å². The largest absolute Gasteiger partial charge is 0.490 e. The fourth-order valence-corrected chi connectivity index (χ4v) is 8.73. The Labute approximate surface area is 284 Å². The minimum atomic E-state index is -4.94. The van der Waals surface area contributed by atoms with Crippen LogP contribution in [0.2, 0.25) is 0 Å². The van der Waals surface area contributed by atoms with Gasteiger partial charge in [0.25, 0.3) is 11.8 Å². The van der Waals surface area contributed by atoms with Crippen molar-refractivity contribution in [2.24, 2.45) is 0 Å². The Morgan fingerprint density at radius 3 is 1.55 bits per heavy atom. The zero-order valence-electron chi connectivity index (χ0n) is 25.8. The van der Waals surface area contributed by atoms with Crippen LogP contribution in [0.15, 0.2) is 151 Å². The van der Waals surface area contributed by atoms with Crippen LogP contribution in [0, 0.1) is 20.4 Å². The van der Waals surface area contributed by atoms with E-state index >= 15 is 0 Å². The van der Waals surface area contributed by atoms with Gasteiger partial charge in [0, 0.05) is 17.3 Å². The number of ether oxygens (including phenoxy) is 1. The van der Waals surface area contributed by atoms with Crippen molar-refractivity contribution in [2.75, 3.05) is 12.4 Å². The standard InChI is InChI=1S/C35H28N3O5P.ClHO4/c1-43-33-23-22-27(24-32(33)38(41)42)36-35(40)31(37-34(39)26-14-6-2-7-15-26)25-44(28-16-8-3-9-17-28,29-18-10-4-11-19-29)30-20-12-5-13-21-30;2-1(3,4)5/h2-25H,1H3,(H-,36,37,39,40);(H,2,3,4,5). The Bertz CT molecular complexity index is 1810. The minimum Gasteiger partial charge on any atom is -0.490 e. The molecule has 2 amide bonds. The van der Waals surface area contributed by atoms with Gasteiger partial charge in [-0.1, -0.05) is 72.8 Å². The number of amides is 2. The summed E-state index contributed by atoms with van der Waals surface area (Å²) in [4.78, 5) is 38.7. The number of hydrogen-bond donors (Lipinski definition) is 2. The van der Waals surface area contributed by atoms with E-state index in [9.17, 15) is 19.7 Å². The van der Waals surface area contributed by atoms with Crippen LogP contribution in [-0.4, -0.2) is 23.8 Å². The van der Waals surface area contributed by atoms with Crippen LogP contribution in [0.5, 0.6) is 5.75 Å². The number of methoxy groups -OCH3 is 1. The summed E-state index contributed by atoms with van der Waals surface area (Å²) in [5, 5.41) is 20.2. The molecule has 0 aromatic heterocycles. The second-order valence-corrected chi connectivity index (χ2v) is 14.1. The third kappa shape index (κ3) is 9.78. The molecule has 0 fully saturated rings. The molecule has 0 atom stereocenters. The van der Waals surface area contributed by atoms with Crippen molar-refractivity contribution in [1.29, 1.82) is 0 Å². The van der Waals surface area contributed by atoms with Crippen molar-refractivity contribution < 1.29 is 48.1 Å². The highest BCUT2D eigenvalue weighted by Gasteiger charge is 2.45. The highest BCUT2D eigenvalue weighted by Crippen LogP contribution is 2.57. The van der Waals surface area contributed by atoms with Crippen molar-refractivity contribution in [3.63, 3.8) is 0 Å². The molecular formula is C35H29ClN3O9P. The molecule has 0 aliphatic heterocycles. The third-order valence-corrected chi connectivity index (χ3v) is 11.0. The van der Waals surface area contributed by atoms with Gasteiger partial charge in [-0.2, -0.15) is 0 Å². The van der Waals surface area contributed by atoms with Crippen LogP contribution in [0.3, 0.4) is 0 Å². The number of hydrogen-bond acceptors (Lipinski definition) is 9. The van der Waals surface area contributed by atoms with Crippen LogP contribution >= 0.6 is 7.26 Å². The quantitative estimate of drug-likeness (QED) is 0.0924. The first-order chi connectivity index (χ1) is 23.4. The molecule has 12 nitrogen and oxygen atoms in total. The maximum Gasteiger partial charge on any atom is 0.312 e. The first-order valence-electron chi connectivity index (χ1n) is 14.3. The summed E-state index contributed by atoms with van der Waals surface area (Å²) in [7, 11) is -6.33. The SMILES string of the molecule is COc1ccc(NC(=O)C(=C[P+](c2ccccc2)(c2ccccc2)c2ccccc2)NC(=O)c2ccccc2)cc1[N+](=O)[O-].[O-][Cl+3]([O-])([O-])[O-]. The maximum absolute atomic E-state index is 14.1. The molecule has 5 aromatic carbocycles. The number of nitrogens with one attached hydrogen (secondary N) is 2. The molecule has 5 rings (SSSR count). The fourth-order valence-electron chi connectivity index (χ4n) is 4.89. The first kappa shape index (κ1) is 36.4.